The van der Waals surface area contributed by atoms with Crippen molar-refractivity contribution in [3.8, 4) is 0 Å². The first kappa shape index (κ1) is 9.88. The zero-order valence-electron chi connectivity index (χ0n) is 2.62. The second-order valence-electron chi connectivity index (χ2n) is 0.408. The second kappa shape index (κ2) is 2.84. The molecular formula is AlMoO4. The molecule has 0 N–H and O–H groups in total. The maximum absolute atomic E-state index is 8.63. The number of rotatable bonds is 0. The third-order valence-electron chi connectivity index (χ3n) is 0. The molecule has 0 amide bonds. The monoisotopic (exact) mass is 189 g/mol. The van der Waals surface area contributed by atoms with E-state index in [0.717, 1.165) is 0 Å². The molecule has 6 heteroatoms. The first-order chi connectivity index (χ1) is 2.00. The fraction of sp³-hybridized carbons (Fsp3) is 0. The molecule has 0 aromatic heterocycles. The molecule has 0 rings (SSSR count). The summed E-state index contributed by atoms with van der Waals surface area (Å²) >= 11 is -6.02. The van der Waals surface area contributed by atoms with E-state index in [1.165, 1.54) is 0 Å². The minimum absolute atomic E-state index is 0. The van der Waals surface area contributed by atoms with Gasteiger partial charge in [-0.2, -0.15) is 0 Å². The van der Waals surface area contributed by atoms with E-state index in [1.54, 1.807) is 0 Å². The van der Waals surface area contributed by atoms with E-state index in [4.69, 9.17) is 14.3 Å². The van der Waals surface area contributed by atoms with Gasteiger partial charge in [-0.1, -0.05) is 0 Å². The minimum atomic E-state index is -6.02. The van der Waals surface area contributed by atoms with Crippen LogP contribution in [0.5, 0.6) is 0 Å². The van der Waals surface area contributed by atoms with Crippen molar-refractivity contribution in [2.24, 2.45) is 0 Å². The molecule has 33 valence electrons. The van der Waals surface area contributed by atoms with Crippen LogP contribution >= 0.6 is 0 Å². The quantitative estimate of drug-likeness (QED) is 0.378. The third kappa shape index (κ3) is 121. The molecule has 0 unspecified atom stereocenters. The zero-order valence-corrected chi connectivity index (χ0v) is 5.78. The summed E-state index contributed by atoms with van der Waals surface area (Å²) in [6.45, 7) is 0. The SMILES string of the molecule is [Al+2].[O]=[Mo](=[O])([O-])[O-]. The molecule has 1 radical (unpaired) electrons. The topological polar surface area (TPSA) is 80.3 Å². The second-order valence-corrected chi connectivity index (χ2v) is 2.42. The van der Waals surface area contributed by atoms with E-state index in [1.807, 2.05) is 0 Å². The molecule has 0 aliphatic rings. The normalized spacial score (nSPS) is 9.67. The van der Waals surface area contributed by atoms with Crippen LogP contribution in [0, 0.1) is 0 Å². The van der Waals surface area contributed by atoms with Gasteiger partial charge in [0.25, 0.3) is 0 Å². The Morgan fingerprint density at radius 3 is 1.17 bits per heavy atom. The van der Waals surface area contributed by atoms with Gasteiger partial charge in [-0.3, -0.25) is 0 Å². The van der Waals surface area contributed by atoms with Crippen molar-refractivity contribution in [1.29, 1.82) is 0 Å². The molecule has 0 aliphatic carbocycles. The van der Waals surface area contributed by atoms with Crippen molar-refractivity contribution in [3.63, 3.8) is 0 Å². The molecule has 0 spiro atoms. The Morgan fingerprint density at radius 2 is 1.17 bits per heavy atom. The predicted molar refractivity (Wildman–Crippen MR) is 7.13 cm³/mol. The van der Waals surface area contributed by atoms with E-state index in [9.17, 15) is 0 Å². The van der Waals surface area contributed by atoms with Crippen LogP contribution in [-0.2, 0) is 23.5 Å². The summed E-state index contributed by atoms with van der Waals surface area (Å²) in [7, 11) is 0. The number of hydrogen-bond donors (Lipinski definition) is 0. The Morgan fingerprint density at radius 1 is 1.17 bits per heavy atom. The number of hydrogen-bond acceptors (Lipinski definition) is 4. The van der Waals surface area contributed by atoms with Gasteiger partial charge in [-0.05, 0) is 0 Å². The van der Waals surface area contributed by atoms with Crippen LogP contribution in [0.4, 0.5) is 0 Å². The van der Waals surface area contributed by atoms with E-state index in [0.29, 0.717) is 0 Å². The van der Waals surface area contributed by atoms with Crippen molar-refractivity contribution >= 4 is 17.4 Å². The van der Waals surface area contributed by atoms with Crippen LogP contribution in [0.1, 0.15) is 0 Å². The van der Waals surface area contributed by atoms with Gasteiger partial charge >= 0.3 is 48.4 Å². The van der Waals surface area contributed by atoms with Gasteiger partial charge in [0.05, 0.1) is 0 Å². The fourth-order valence-electron chi connectivity index (χ4n) is 0. The van der Waals surface area contributed by atoms with Crippen LogP contribution in [0.3, 0.4) is 0 Å². The molecule has 4 nitrogen and oxygen atoms in total. The summed E-state index contributed by atoms with van der Waals surface area (Å²) in [5.74, 6) is 0. The van der Waals surface area contributed by atoms with Crippen LogP contribution in [0.15, 0.2) is 0 Å². The standard InChI is InChI=1S/Al.Mo.4O/q+2;;;;2*-1. The van der Waals surface area contributed by atoms with Gasteiger partial charge in [0, 0.05) is 0 Å². The van der Waals surface area contributed by atoms with Crippen LogP contribution < -0.4 is 7.52 Å². The molecule has 0 saturated heterocycles. The zero-order chi connectivity index (χ0) is 4.50. The molecule has 0 heterocycles. The Hall–Kier alpha value is 0.741. The van der Waals surface area contributed by atoms with E-state index in [2.05, 4.69) is 0 Å². The molecule has 0 atom stereocenters. The van der Waals surface area contributed by atoms with Gasteiger partial charge in [0.15, 0.2) is 0 Å². The molecular weight excluding hydrogens is 187 g/mol. The Labute approximate surface area is 48.6 Å². The molecule has 6 heavy (non-hydrogen) atoms. The molecule has 0 bridgehead atoms. The van der Waals surface area contributed by atoms with Crippen molar-refractivity contribution in [2.45, 2.75) is 0 Å². The summed E-state index contributed by atoms with van der Waals surface area (Å²) in [5, 5.41) is 0. The molecule has 0 aromatic carbocycles. The van der Waals surface area contributed by atoms with Gasteiger partial charge in [0.2, 0.25) is 0 Å². The van der Waals surface area contributed by atoms with Gasteiger partial charge in [-0.25, -0.2) is 0 Å². The van der Waals surface area contributed by atoms with Crippen LogP contribution in [0.25, 0.3) is 0 Å². The van der Waals surface area contributed by atoms with E-state index < -0.39 is 16.7 Å². The Bertz CT molecular complexity index is 90.7. The average molecular weight is 187 g/mol. The summed E-state index contributed by atoms with van der Waals surface area (Å²) in [5.41, 5.74) is 0. The van der Waals surface area contributed by atoms with E-state index >= 15 is 0 Å². The van der Waals surface area contributed by atoms with Gasteiger partial charge in [-0.15, -0.1) is 0 Å². The average Bonchev–Trinajstić information content (AvgIpc) is 0.722. The van der Waals surface area contributed by atoms with Crippen molar-refractivity contribution in [3.05, 3.63) is 0 Å². The molecule has 0 fully saturated rings. The maximum atomic E-state index is 8.63. The predicted octanol–water partition coefficient (Wildman–Crippen LogP) is -3.00. The van der Waals surface area contributed by atoms with E-state index in [-0.39, 0.29) is 17.4 Å². The first-order valence-corrected chi connectivity index (χ1v) is 3.94. The van der Waals surface area contributed by atoms with Crippen LogP contribution in [-0.4, -0.2) is 17.4 Å². The fourth-order valence-corrected chi connectivity index (χ4v) is 0. The Balaban J connectivity index is 0. The summed E-state index contributed by atoms with van der Waals surface area (Å²) < 4.78 is 34.5. The van der Waals surface area contributed by atoms with Crippen molar-refractivity contribution < 1.29 is 31.1 Å². The third-order valence-corrected chi connectivity index (χ3v) is 0. The van der Waals surface area contributed by atoms with Gasteiger partial charge < -0.3 is 0 Å². The van der Waals surface area contributed by atoms with Gasteiger partial charge in [0.1, 0.15) is 0 Å². The summed E-state index contributed by atoms with van der Waals surface area (Å²) in [4.78, 5) is 0. The van der Waals surface area contributed by atoms with Crippen molar-refractivity contribution in [2.75, 3.05) is 0 Å². The molecule has 0 saturated carbocycles. The molecule has 0 aliphatic heterocycles. The molecule has 0 aromatic rings. The summed E-state index contributed by atoms with van der Waals surface area (Å²) in [6, 6.07) is 0. The first-order valence-electron chi connectivity index (χ1n) is 0.667. The van der Waals surface area contributed by atoms with Crippen molar-refractivity contribution in [1.82, 2.24) is 0 Å². The summed E-state index contributed by atoms with van der Waals surface area (Å²) in [6.07, 6.45) is 0. The Kier molecular flexibility index (Phi) is 4.68. The van der Waals surface area contributed by atoms with Crippen LogP contribution in [0.2, 0.25) is 0 Å².